The van der Waals surface area contributed by atoms with Gasteiger partial charge in [0.25, 0.3) is 11.9 Å². The fourth-order valence-corrected chi connectivity index (χ4v) is 3.61. The molecular weight excluding hydrogens is 772 g/mol. The summed E-state index contributed by atoms with van der Waals surface area (Å²) in [5, 5.41) is 55.0. The van der Waals surface area contributed by atoms with Gasteiger partial charge in [-0.3, -0.25) is 9.59 Å². The van der Waals surface area contributed by atoms with Crippen LogP contribution in [0.25, 0.3) is 11.5 Å². The molecule has 0 aliphatic carbocycles. The number of carboxylic acid groups (broad SMARTS) is 2. The van der Waals surface area contributed by atoms with Gasteiger partial charge in [-0.2, -0.15) is 0 Å². The monoisotopic (exact) mass is 821 g/mol. The van der Waals surface area contributed by atoms with E-state index >= 15 is 0 Å². The molecule has 0 spiro atoms. The Balaban J connectivity index is 0. The molecule has 2 aromatic rings. The Kier molecular flexibility index (Phi) is 30.4. The molecule has 2 aromatic carbocycles. The summed E-state index contributed by atoms with van der Waals surface area (Å²) in [5.41, 5.74) is 15.6. The minimum Gasteiger partial charge on any atom is -0.698 e. The average Bonchev–Trinajstić information content (AvgIpc) is 3.08. The first-order valence-electron chi connectivity index (χ1n) is 16.0. The molecule has 0 saturated heterocycles. The van der Waals surface area contributed by atoms with Crippen molar-refractivity contribution in [3.8, 4) is 0 Å². The Morgan fingerprint density at radius 1 is 0.556 bits per heavy atom. The minimum absolute atomic E-state index is 0. The van der Waals surface area contributed by atoms with Crippen LogP contribution < -0.4 is 0 Å². The van der Waals surface area contributed by atoms with Gasteiger partial charge in [0.05, 0.1) is 52.9 Å². The number of ether oxygens (including phenoxy) is 7. The number of aliphatic carboxylic acids is 2. The van der Waals surface area contributed by atoms with Crippen LogP contribution in [-0.4, -0.2) is 158 Å². The van der Waals surface area contributed by atoms with Gasteiger partial charge < -0.3 is 75.3 Å². The first kappa shape index (κ1) is 52.2. The van der Waals surface area contributed by atoms with Crippen LogP contribution in [0.5, 0.6) is 0 Å². The Morgan fingerprint density at radius 3 is 1.22 bits per heavy atom. The predicted molar refractivity (Wildman–Crippen MR) is 186 cm³/mol. The number of carboxylic acids is 2. The van der Waals surface area contributed by atoms with Gasteiger partial charge in [0.1, 0.15) is 43.7 Å². The van der Waals surface area contributed by atoms with Gasteiger partial charge >= 0.3 is 29.0 Å². The van der Waals surface area contributed by atoms with Crippen molar-refractivity contribution >= 4 is 35.3 Å². The number of hydrogen-bond acceptors (Lipinski definition) is 15. The summed E-state index contributed by atoms with van der Waals surface area (Å²) < 4.78 is 36.6. The summed E-state index contributed by atoms with van der Waals surface area (Å²) in [5.74, 6) is -3.13. The molecule has 0 aliphatic rings. The van der Waals surface area contributed by atoms with Crippen molar-refractivity contribution in [3.63, 3.8) is 0 Å². The Labute approximate surface area is 323 Å². The molecule has 19 nitrogen and oxygen atoms in total. The van der Waals surface area contributed by atoms with E-state index in [0.29, 0.717) is 0 Å². The van der Waals surface area contributed by atoms with E-state index in [1.165, 1.54) is 31.4 Å². The largest absolute Gasteiger partial charge is 2.00 e. The third kappa shape index (κ3) is 27.7. The van der Waals surface area contributed by atoms with Crippen LogP contribution in [0.15, 0.2) is 48.5 Å². The number of esters is 2. The fraction of sp³-hybridized carbons (Fsp3) is 0.529. The number of rotatable bonds is 23. The summed E-state index contributed by atoms with van der Waals surface area (Å²) in [4.78, 5) is 42.0. The number of benzene rings is 2. The van der Waals surface area contributed by atoms with Gasteiger partial charge in [-0.1, -0.05) is 36.4 Å². The molecule has 54 heavy (non-hydrogen) atoms. The Bertz CT molecular complexity index is 1320. The van der Waals surface area contributed by atoms with Crippen LogP contribution in [-0.2, 0) is 59.8 Å². The Morgan fingerprint density at radius 2 is 0.870 bits per heavy atom. The zero-order valence-corrected chi connectivity index (χ0v) is 31.0. The molecule has 0 amide bonds. The van der Waals surface area contributed by atoms with Crippen molar-refractivity contribution in [2.75, 3.05) is 73.2 Å². The molecule has 5 atom stereocenters. The summed E-state index contributed by atoms with van der Waals surface area (Å²) >= 11 is 0. The van der Waals surface area contributed by atoms with E-state index in [2.05, 4.69) is 0 Å². The van der Waals surface area contributed by atoms with Crippen molar-refractivity contribution in [1.82, 2.24) is 0 Å². The number of hydrogen-bond donors (Lipinski definition) is 6. The second kappa shape index (κ2) is 31.4. The van der Waals surface area contributed by atoms with Crippen LogP contribution >= 0.6 is 0 Å². The Hall–Kier alpha value is -3.92. The van der Waals surface area contributed by atoms with Gasteiger partial charge in [0, 0.05) is 32.1 Å². The van der Waals surface area contributed by atoms with Gasteiger partial charge in [-0.05, 0) is 12.1 Å². The molecule has 5 unspecified atom stereocenters. The van der Waals surface area contributed by atoms with E-state index in [9.17, 15) is 30.0 Å². The maximum Gasteiger partial charge on any atom is 2.00 e. The minimum atomic E-state index is -1.14. The molecule has 8 N–H and O–H groups in total. The molecule has 0 aliphatic heterocycles. The van der Waals surface area contributed by atoms with Crippen molar-refractivity contribution in [2.45, 2.75) is 44.4 Å². The van der Waals surface area contributed by atoms with Gasteiger partial charge in [0.15, 0.2) is 0 Å². The molecule has 0 aromatic heterocycles. The number of aliphatic hydroxyl groups is 4. The van der Waals surface area contributed by atoms with E-state index in [1.807, 2.05) is 0 Å². The summed E-state index contributed by atoms with van der Waals surface area (Å²) in [6.45, 7) is 0.663. The van der Waals surface area contributed by atoms with E-state index in [-0.39, 0.29) is 106 Å². The zero-order chi connectivity index (χ0) is 40.2. The maximum absolute atomic E-state index is 12.0. The number of carbonyl (C=O) groups is 4. The van der Waals surface area contributed by atoms with E-state index in [4.69, 9.17) is 64.4 Å². The molecule has 0 bridgehead atoms. The van der Waals surface area contributed by atoms with E-state index in [0.717, 1.165) is 13.8 Å². The predicted octanol–water partition coefficient (Wildman–Crippen LogP) is 1.77. The van der Waals surface area contributed by atoms with E-state index in [1.54, 1.807) is 24.3 Å². The van der Waals surface area contributed by atoms with Crippen LogP contribution in [0.1, 0.15) is 34.6 Å². The topological polar surface area (TPSA) is 302 Å². The van der Waals surface area contributed by atoms with Gasteiger partial charge in [-0.25, -0.2) is 9.59 Å². The smallest absolute Gasteiger partial charge is 0.698 e. The fourth-order valence-electron chi connectivity index (χ4n) is 3.61. The molecule has 2 rings (SSSR count). The summed E-state index contributed by atoms with van der Waals surface area (Å²) in [7, 11) is 1.46. The molecule has 0 heterocycles. The number of aliphatic hydroxyl groups excluding tert-OH is 4. The maximum atomic E-state index is 12.0. The molecule has 1 radical (unpaired) electrons. The van der Waals surface area contributed by atoms with Crippen molar-refractivity contribution < 1.29 is 100 Å². The van der Waals surface area contributed by atoms with Crippen LogP contribution in [0.4, 0.5) is 11.4 Å². The van der Waals surface area contributed by atoms with E-state index < -0.39 is 54.4 Å². The first-order valence-corrected chi connectivity index (χ1v) is 16.0. The number of methoxy groups -OCH3 is 1. The molecule has 0 saturated carbocycles. The SMILES string of the molecule is CC(=O)O.CC(=O)O.COCC(COCC(O)COCC(O)COC(=O)c1ccccc1[NH-])OCC(O)COCC(O)COC(=O)c1ccccc1[NH-].[Cu+2]. The molecule has 0 fully saturated rings. The van der Waals surface area contributed by atoms with Gasteiger partial charge in [-0.15, -0.1) is 11.4 Å². The van der Waals surface area contributed by atoms with Crippen molar-refractivity contribution in [1.29, 1.82) is 0 Å². The quantitative estimate of drug-likeness (QED) is 0.0687. The molecule has 20 heteroatoms. The summed E-state index contributed by atoms with van der Waals surface area (Å²) in [6, 6.07) is 12.2. The van der Waals surface area contributed by atoms with Crippen LogP contribution in [0.3, 0.4) is 0 Å². The first-order chi connectivity index (χ1) is 25.1. The second-order valence-electron chi connectivity index (χ2n) is 11.0. The van der Waals surface area contributed by atoms with Crippen LogP contribution in [0.2, 0.25) is 0 Å². The second-order valence-corrected chi connectivity index (χ2v) is 11.0. The van der Waals surface area contributed by atoms with Crippen molar-refractivity contribution in [3.05, 3.63) is 71.1 Å². The molecular formula is C34H50CuN2O17. The zero-order valence-electron chi connectivity index (χ0n) is 30.1. The van der Waals surface area contributed by atoms with Crippen LogP contribution in [0, 0.1) is 0 Å². The average molecular weight is 822 g/mol. The normalized spacial score (nSPS) is 13.2. The number of nitrogens with one attached hydrogen (secondary N) is 2. The standard InChI is InChI=1S/C30H44N2O13.2C2H4O2.Cu/c1-39-18-24(43-15-21(34)12-41-14-23(36)17-45-30(38)26-7-3-5-9-28(26)32)19-42-11-20(33)10-40-13-22(35)16-44-29(37)25-6-2-4-8-27(25)31;2*1-2(3)4;/h2-9,20-24,33-36H,10-19H2,1H3,(H4,31,32,37,38);2*1H3,(H,3,4);/q;;;+2/p-2. The number of carbonyl (C=O) groups excluding carboxylic acids is 2. The third-order valence-corrected chi connectivity index (χ3v) is 5.84. The summed E-state index contributed by atoms with van der Waals surface area (Å²) in [6.07, 6.45) is -4.91. The third-order valence-electron chi connectivity index (χ3n) is 5.84. The van der Waals surface area contributed by atoms with Gasteiger partial charge in [0.2, 0.25) is 0 Å². The van der Waals surface area contributed by atoms with Crippen molar-refractivity contribution in [2.24, 2.45) is 0 Å². The molecule has 309 valence electrons.